The van der Waals surface area contributed by atoms with E-state index in [2.05, 4.69) is 78.3 Å². The average molecular weight is 1860 g/mol. The monoisotopic (exact) mass is 1850 g/mol. The van der Waals surface area contributed by atoms with Gasteiger partial charge >= 0.3 is 0 Å². The van der Waals surface area contributed by atoms with Gasteiger partial charge in [-0.15, -0.1) is 11.8 Å². The number of unbranched alkanes of at least 4 members (excludes halogenated alkanes) is 2. The van der Waals surface area contributed by atoms with E-state index in [-0.39, 0.29) is 75.0 Å². The van der Waals surface area contributed by atoms with Gasteiger partial charge in [-0.1, -0.05) is 88.1 Å². The van der Waals surface area contributed by atoms with E-state index in [1.54, 1.807) is 42.6 Å². The van der Waals surface area contributed by atoms with Gasteiger partial charge < -0.3 is 120 Å². The molecular formula is C87H119N23O21S. The van der Waals surface area contributed by atoms with Gasteiger partial charge in [-0.05, 0) is 87.8 Å². The number of carbonyl (C=O) groups excluding carboxylic acids is 18. The smallest absolute Gasteiger partial charge is 0.246 e. The molecule has 0 saturated carbocycles. The van der Waals surface area contributed by atoms with Crippen LogP contribution in [0.25, 0.3) is 21.8 Å². The predicted molar refractivity (Wildman–Crippen MR) is 478 cm³/mol. The molecule has 6 aromatic rings. The van der Waals surface area contributed by atoms with Gasteiger partial charge in [-0.2, -0.15) is 5.10 Å². The largest absolute Gasteiger partial charge is 0.508 e. The van der Waals surface area contributed by atoms with Crippen molar-refractivity contribution in [1.82, 2.24) is 103 Å². The number of fused-ring (bicyclic) bond motifs is 4. The number of para-hydroxylation sites is 2. The highest BCUT2D eigenvalue weighted by Gasteiger charge is 2.47. The van der Waals surface area contributed by atoms with Gasteiger partial charge in [0.05, 0.1) is 49.0 Å². The number of phenolic OH excluding ortho intramolecular Hbond substituents is 1. The Hall–Kier alpha value is -13.6. The third-order valence-electron chi connectivity index (χ3n) is 23.6. The molecule has 3 aromatic heterocycles. The highest BCUT2D eigenvalue weighted by atomic mass is 32.2. The van der Waals surface area contributed by atoms with Crippen molar-refractivity contribution in [2.75, 3.05) is 58.9 Å². The lowest BCUT2D eigenvalue weighted by atomic mass is 10.0. The standard InChI is InChI=1S/C87H119N23O21S/c1-9-11-21-65-80(124)95-46(4)74(118)103-64(76(120)93-39-71(90)116)42-132-43-72(117)96-60(31-48-24-26-51(112)27-25-48)83(127)106(6)47(5)75(119)100-62(36-70(89)115)86(130)109-30-16-23-66(109)81(125)99-59(33-50-38-91-44-94-50)78(122)97-56(28-29-69(88)114)85(129)110-40-52(113)34-68(110)82(126)98-58(32-49-37-92-55-20-14-13-18-53(49)55)77(121)102-63(41-111)79(123)101-61(35-57-54-19-15-17-45(3)73(54)105-104-57)84(128)108(8)67(22-12-10-2)87(131)107(65)7/h13-15,17-20,24-27,37-38,44,46-47,52,56,58-68,92,111-113H,9-12,16,21-23,28-36,39-43H2,1-8H3,(H2,88,114)(H2,89,115)(H2,90,116)(H,91,94)(H,93,120)(H,95,124)(H,96,117)(H,97,122)(H,98,126)(H,99,125)(H,100,119)(H,101,123)(H,102,121)(H,103,118)(H,104,105)/t46-,47-,52+,56-,58-,59-,60-,61?,62-,63-,64-,65-,66?,67-,68-/m0/s1. The number of imidazole rings is 1. The number of aromatic amines is 3. The Balaban J connectivity index is 1.09. The highest BCUT2D eigenvalue weighted by Crippen LogP contribution is 2.28. The molecule has 0 spiro atoms. The van der Waals surface area contributed by atoms with Gasteiger partial charge in [0.25, 0.3) is 0 Å². The number of hydrogen-bond donors (Lipinski definition) is 19. The van der Waals surface area contributed by atoms with Crippen LogP contribution in [-0.4, -0.2) is 321 Å². The summed E-state index contributed by atoms with van der Waals surface area (Å²) in [5.74, 6) is -18.8. The second-order valence-corrected chi connectivity index (χ2v) is 34.4. The third-order valence-corrected chi connectivity index (χ3v) is 24.6. The first kappa shape index (κ1) is 102. The maximum absolute atomic E-state index is 15.7. The first-order valence-electron chi connectivity index (χ1n) is 43.7. The number of nitrogens with two attached hydrogens (primary N) is 3. The van der Waals surface area contributed by atoms with E-state index in [1.165, 1.54) is 71.8 Å². The van der Waals surface area contributed by atoms with Crippen molar-refractivity contribution in [2.24, 2.45) is 17.2 Å². The van der Waals surface area contributed by atoms with E-state index in [1.807, 2.05) is 26.8 Å². The van der Waals surface area contributed by atoms with Gasteiger partial charge in [0.2, 0.25) is 106 Å². The number of phenols is 1. The second kappa shape index (κ2) is 47.8. The molecule has 22 N–H and O–H groups in total. The van der Waals surface area contributed by atoms with Crippen molar-refractivity contribution in [1.29, 1.82) is 0 Å². The fraction of sp³-hybridized carbons (Fsp3) is 0.517. The fourth-order valence-corrected chi connectivity index (χ4v) is 16.9. The molecule has 3 aromatic carbocycles. The van der Waals surface area contributed by atoms with Crippen LogP contribution in [0, 0.1) is 6.92 Å². The summed E-state index contributed by atoms with van der Waals surface area (Å²) in [5.41, 5.74) is 20.0. The molecule has 3 aliphatic heterocycles. The van der Waals surface area contributed by atoms with E-state index < -0.39 is 254 Å². The van der Waals surface area contributed by atoms with Crippen LogP contribution < -0.4 is 70.4 Å². The van der Waals surface area contributed by atoms with Crippen LogP contribution in [-0.2, 0) is 112 Å². The number of aromatic hydroxyl groups is 1. The molecule has 44 nitrogen and oxygen atoms in total. The molecule has 714 valence electrons. The molecule has 2 unspecified atom stereocenters. The van der Waals surface area contributed by atoms with E-state index >= 15 is 33.6 Å². The molecule has 45 heteroatoms. The van der Waals surface area contributed by atoms with Gasteiger partial charge in [-0.25, -0.2) is 4.98 Å². The Kier molecular flexibility index (Phi) is 37.0. The lowest BCUT2D eigenvalue weighted by Crippen LogP contribution is -2.61. The SMILES string of the molecule is CCCC[C@H]1C(=O)N(C)[C@@H](CCCC)C(=O)N[C@@H](C)C(=O)N[C@H](C(=O)NCC(N)=O)CSCC(=O)N[C@@H](Cc2ccc(O)cc2)C(=O)N(C)[C@@H](C)C(=O)N[C@@H](CC(N)=O)C(=O)N2CCCC2C(=O)N[C@@H](Cc2cnc[nH]2)C(=O)N[C@@H](CCC(N)=O)C(=O)N2C[C@H](O)C[C@H]2C(=O)N[C@@H](Cc2c[nH]c3ccccc23)C(=O)N[C@@H](CO)C(=O)NC(Cc2n[nH]c3c(C)cccc23)C(=O)N1C. The topological polar surface area (TPSA) is 656 Å². The van der Waals surface area contributed by atoms with E-state index in [0.29, 0.717) is 58.6 Å². The lowest BCUT2D eigenvalue weighted by molar-refractivity contribution is -0.149. The van der Waals surface area contributed by atoms with Gasteiger partial charge in [0.15, 0.2) is 0 Å². The van der Waals surface area contributed by atoms with Crippen LogP contribution in [0.3, 0.4) is 0 Å². The minimum atomic E-state index is -1.93. The number of carbonyl (C=O) groups is 18. The summed E-state index contributed by atoms with van der Waals surface area (Å²) in [5, 5.41) is 67.2. The van der Waals surface area contributed by atoms with Crippen molar-refractivity contribution in [3.8, 4) is 5.75 Å². The van der Waals surface area contributed by atoms with Gasteiger partial charge in [-0.3, -0.25) is 91.4 Å². The third kappa shape index (κ3) is 27.3. The minimum absolute atomic E-state index is 0.00605. The predicted octanol–water partition coefficient (Wildman–Crippen LogP) is -4.25. The number of likely N-dealkylation sites (N-methyl/N-ethyl adjacent to an activating group) is 3. The van der Waals surface area contributed by atoms with Crippen LogP contribution >= 0.6 is 11.8 Å². The second-order valence-electron chi connectivity index (χ2n) is 33.3. The molecular weight excluding hydrogens is 1740 g/mol. The van der Waals surface area contributed by atoms with E-state index in [0.717, 1.165) is 41.8 Å². The number of aliphatic hydroxyl groups excluding tert-OH is 2. The van der Waals surface area contributed by atoms with Crippen molar-refractivity contribution in [3.63, 3.8) is 0 Å². The first-order valence-corrected chi connectivity index (χ1v) is 44.8. The minimum Gasteiger partial charge on any atom is -0.508 e. The first-order chi connectivity index (χ1) is 62.8. The number of benzene rings is 3. The number of primary amides is 3. The van der Waals surface area contributed by atoms with Crippen LogP contribution in [0.1, 0.15) is 133 Å². The number of hydrogen-bond acceptors (Lipinski definition) is 24. The molecule has 9 rings (SSSR count). The Bertz CT molecular complexity index is 5190. The van der Waals surface area contributed by atoms with Gasteiger partial charge in [0.1, 0.15) is 90.3 Å². The van der Waals surface area contributed by atoms with Crippen molar-refractivity contribution in [3.05, 3.63) is 114 Å². The zero-order valence-corrected chi connectivity index (χ0v) is 75.6. The van der Waals surface area contributed by atoms with E-state index in [9.17, 15) is 68.1 Å². The number of aromatic nitrogens is 5. The zero-order chi connectivity index (χ0) is 96.5. The number of nitrogens with one attached hydrogen (secondary N) is 13. The van der Waals surface area contributed by atoms with Crippen molar-refractivity contribution in [2.45, 2.75) is 228 Å². The summed E-state index contributed by atoms with van der Waals surface area (Å²) >= 11 is 0.768. The number of nitrogens with zero attached hydrogens (tertiary/aromatic N) is 7. The van der Waals surface area contributed by atoms with Crippen LogP contribution in [0.5, 0.6) is 5.75 Å². The Morgan fingerprint density at radius 2 is 1.17 bits per heavy atom. The molecule has 3 aliphatic rings. The van der Waals surface area contributed by atoms with Crippen LogP contribution in [0.4, 0.5) is 0 Å². The zero-order valence-electron chi connectivity index (χ0n) is 74.8. The summed E-state index contributed by atoms with van der Waals surface area (Å²) in [4.78, 5) is 276. The quantitative estimate of drug-likeness (QED) is 0.0289. The van der Waals surface area contributed by atoms with Crippen molar-refractivity contribution < 1.29 is 102 Å². The molecule has 3 fully saturated rings. The maximum Gasteiger partial charge on any atom is 0.246 e. The number of rotatable bonds is 23. The number of aryl methyl sites for hydroxylation is 1. The maximum atomic E-state index is 15.7. The Morgan fingerprint density at radius 1 is 0.568 bits per heavy atom. The van der Waals surface area contributed by atoms with Crippen molar-refractivity contribution >= 4 is 140 Å². The summed E-state index contributed by atoms with van der Waals surface area (Å²) in [6, 6.07) is -4.77. The Morgan fingerprint density at radius 3 is 1.83 bits per heavy atom. The molecule has 15 atom stereocenters. The molecule has 0 radical (unpaired) electrons. The molecule has 0 bridgehead atoms. The van der Waals surface area contributed by atoms with Crippen LogP contribution in [0.15, 0.2) is 85.5 Å². The Labute approximate surface area is 764 Å². The highest BCUT2D eigenvalue weighted by molar-refractivity contribution is 8.00. The summed E-state index contributed by atoms with van der Waals surface area (Å²) in [6.07, 6.45) is 0.608. The summed E-state index contributed by atoms with van der Waals surface area (Å²) in [7, 11) is 3.86. The summed E-state index contributed by atoms with van der Waals surface area (Å²) < 4.78 is 0. The number of amides is 18. The fourth-order valence-electron chi connectivity index (χ4n) is 16.0. The van der Waals surface area contributed by atoms with Crippen LogP contribution in [0.2, 0.25) is 0 Å². The number of H-pyrrole nitrogens is 3. The van der Waals surface area contributed by atoms with Gasteiger partial charge in [0, 0.05) is 113 Å². The molecule has 3 saturated heterocycles. The summed E-state index contributed by atoms with van der Waals surface area (Å²) in [6.45, 7) is 5.44. The molecule has 0 aliphatic carbocycles. The lowest BCUT2D eigenvalue weighted by Gasteiger charge is -2.36. The number of thioether (sulfide) groups is 1. The molecule has 18 amide bonds. The number of aliphatic hydroxyl groups is 2. The molecule has 132 heavy (non-hydrogen) atoms. The normalized spacial score (nSPS) is 25.0. The molecule has 6 heterocycles. The average Bonchev–Trinajstić information content (AvgIpc) is 1.62. The van der Waals surface area contributed by atoms with E-state index in [4.69, 9.17) is 17.2 Å².